The third kappa shape index (κ3) is 5.68. The average Bonchev–Trinajstić information content (AvgIpc) is 3.18. The summed E-state index contributed by atoms with van der Waals surface area (Å²) >= 11 is 0. The highest BCUT2D eigenvalue weighted by atomic mass is 19.3. The summed E-state index contributed by atoms with van der Waals surface area (Å²) in [4.78, 5) is 38.0. The number of hydrogen-bond acceptors (Lipinski definition) is 5. The fourth-order valence-corrected chi connectivity index (χ4v) is 3.14. The molecule has 1 fully saturated rings. The predicted molar refractivity (Wildman–Crippen MR) is 109 cm³/mol. The summed E-state index contributed by atoms with van der Waals surface area (Å²) in [6.45, 7) is -2.71. The second-order valence-corrected chi connectivity index (χ2v) is 6.67. The van der Waals surface area contributed by atoms with E-state index in [1.807, 2.05) is 0 Å². The number of benzene rings is 2. The van der Waals surface area contributed by atoms with Gasteiger partial charge in [-0.05, 0) is 42.8 Å². The molecule has 1 heterocycles. The standard InChI is InChI=1S/C21H21F2N3O5/c1-30-17-10-13(7-8-16(17)31-21(22)23)20(29)24-12-18(27)25-14-4-2-5-15(11-14)26-9-3-6-19(26)28/h2,4-5,7-8,10-11,21H,3,6,9,12H2,1H3,(H,24,29)(H,25,27). The molecule has 1 aliphatic rings. The lowest BCUT2D eigenvalue weighted by Gasteiger charge is -2.17. The van der Waals surface area contributed by atoms with Crippen molar-refractivity contribution in [3.05, 3.63) is 48.0 Å². The second kappa shape index (κ2) is 9.88. The van der Waals surface area contributed by atoms with Crippen LogP contribution in [0.5, 0.6) is 11.5 Å². The van der Waals surface area contributed by atoms with Crippen molar-refractivity contribution in [1.29, 1.82) is 0 Å². The summed E-state index contributed by atoms with van der Waals surface area (Å²) in [5.74, 6) is -1.26. The van der Waals surface area contributed by atoms with E-state index in [9.17, 15) is 23.2 Å². The molecular formula is C21H21F2N3O5. The summed E-state index contributed by atoms with van der Waals surface area (Å²) in [7, 11) is 1.26. The van der Waals surface area contributed by atoms with E-state index in [0.29, 0.717) is 24.3 Å². The average molecular weight is 433 g/mol. The monoisotopic (exact) mass is 433 g/mol. The normalized spacial score (nSPS) is 13.3. The largest absolute Gasteiger partial charge is 0.493 e. The zero-order chi connectivity index (χ0) is 22.4. The van der Waals surface area contributed by atoms with E-state index in [1.54, 1.807) is 29.2 Å². The summed E-state index contributed by atoms with van der Waals surface area (Å²) in [5, 5.41) is 5.11. The Bertz CT molecular complexity index is 983. The first-order valence-corrected chi connectivity index (χ1v) is 9.48. The van der Waals surface area contributed by atoms with Crippen LogP contribution in [0.4, 0.5) is 20.2 Å². The lowest BCUT2D eigenvalue weighted by atomic mass is 10.2. The summed E-state index contributed by atoms with van der Waals surface area (Å²) < 4.78 is 34.1. The van der Waals surface area contributed by atoms with E-state index in [4.69, 9.17) is 4.74 Å². The molecule has 2 N–H and O–H groups in total. The maximum absolute atomic E-state index is 12.4. The number of rotatable bonds is 8. The second-order valence-electron chi connectivity index (χ2n) is 6.67. The van der Waals surface area contributed by atoms with Crippen LogP contribution in [0, 0.1) is 0 Å². The molecule has 2 aromatic rings. The van der Waals surface area contributed by atoms with Crippen LogP contribution < -0.4 is 25.0 Å². The minimum atomic E-state index is -3.03. The van der Waals surface area contributed by atoms with Crippen molar-refractivity contribution in [3.63, 3.8) is 0 Å². The summed E-state index contributed by atoms with van der Waals surface area (Å²) in [5.41, 5.74) is 1.30. The van der Waals surface area contributed by atoms with Crippen molar-refractivity contribution in [1.82, 2.24) is 5.32 Å². The molecule has 3 rings (SSSR count). The van der Waals surface area contributed by atoms with Gasteiger partial charge in [-0.25, -0.2) is 0 Å². The minimum absolute atomic E-state index is 0.0364. The van der Waals surface area contributed by atoms with Crippen molar-refractivity contribution >= 4 is 29.1 Å². The van der Waals surface area contributed by atoms with Crippen LogP contribution in [-0.2, 0) is 9.59 Å². The van der Waals surface area contributed by atoms with Gasteiger partial charge in [0.2, 0.25) is 11.8 Å². The predicted octanol–water partition coefficient (Wildman–Crippen LogP) is 2.79. The Morgan fingerprint density at radius 2 is 1.97 bits per heavy atom. The van der Waals surface area contributed by atoms with Gasteiger partial charge in [0.25, 0.3) is 5.91 Å². The third-order valence-corrected chi connectivity index (χ3v) is 4.57. The van der Waals surface area contributed by atoms with E-state index in [2.05, 4.69) is 15.4 Å². The smallest absolute Gasteiger partial charge is 0.387 e. The molecule has 31 heavy (non-hydrogen) atoms. The van der Waals surface area contributed by atoms with E-state index < -0.39 is 18.4 Å². The number of carbonyl (C=O) groups excluding carboxylic acids is 3. The molecule has 1 saturated heterocycles. The highest BCUT2D eigenvalue weighted by molar-refractivity contribution is 6.00. The molecule has 0 aliphatic carbocycles. The highest BCUT2D eigenvalue weighted by Gasteiger charge is 2.22. The van der Waals surface area contributed by atoms with Crippen LogP contribution >= 0.6 is 0 Å². The molecule has 0 saturated carbocycles. The molecule has 0 spiro atoms. The van der Waals surface area contributed by atoms with Gasteiger partial charge in [0.15, 0.2) is 11.5 Å². The number of carbonyl (C=O) groups is 3. The molecule has 8 nitrogen and oxygen atoms in total. The Hall–Kier alpha value is -3.69. The Kier molecular flexibility index (Phi) is 7.01. The number of alkyl halides is 2. The van der Waals surface area contributed by atoms with Crippen LogP contribution in [0.3, 0.4) is 0 Å². The molecule has 3 amide bonds. The van der Waals surface area contributed by atoms with Crippen molar-refractivity contribution < 1.29 is 32.6 Å². The lowest BCUT2D eigenvalue weighted by molar-refractivity contribution is -0.117. The molecule has 2 aromatic carbocycles. The van der Waals surface area contributed by atoms with E-state index >= 15 is 0 Å². The number of nitrogens with one attached hydrogen (secondary N) is 2. The molecule has 164 valence electrons. The van der Waals surface area contributed by atoms with E-state index in [1.165, 1.54) is 25.3 Å². The van der Waals surface area contributed by atoms with Gasteiger partial charge in [0.1, 0.15) is 0 Å². The fourth-order valence-electron chi connectivity index (χ4n) is 3.14. The number of halogens is 2. The first-order chi connectivity index (χ1) is 14.9. The van der Waals surface area contributed by atoms with Crippen LogP contribution in [0.2, 0.25) is 0 Å². The van der Waals surface area contributed by atoms with Gasteiger partial charge >= 0.3 is 6.61 Å². The zero-order valence-electron chi connectivity index (χ0n) is 16.7. The molecule has 10 heteroatoms. The molecule has 0 atom stereocenters. The van der Waals surface area contributed by atoms with Crippen LogP contribution in [0.15, 0.2) is 42.5 Å². The Balaban J connectivity index is 1.57. The van der Waals surface area contributed by atoms with Crippen molar-refractivity contribution in [2.24, 2.45) is 0 Å². The zero-order valence-corrected chi connectivity index (χ0v) is 16.7. The molecule has 0 unspecified atom stereocenters. The first-order valence-electron chi connectivity index (χ1n) is 9.48. The number of hydrogen-bond donors (Lipinski definition) is 2. The van der Waals surface area contributed by atoms with Gasteiger partial charge in [0.05, 0.1) is 13.7 Å². The number of nitrogens with zero attached hydrogens (tertiary/aromatic N) is 1. The number of ether oxygens (including phenoxy) is 2. The lowest BCUT2D eigenvalue weighted by Crippen LogP contribution is -2.33. The van der Waals surface area contributed by atoms with Crippen molar-refractivity contribution in [3.8, 4) is 11.5 Å². The molecule has 1 aliphatic heterocycles. The summed E-state index contributed by atoms with van der Waals surface area (Å²) in [6.07, 6.45) is 1.30. The van der Waals surface area contributed by atoms with E-state index in [0.717, 1.165) is 6.42 Å². The SMILES string of the molecule is COc1cc(C(=O)NCC(=O)Nc2cccc(N3CCCC3=O)c2)ccc1OC(F)F. The maximum atomic E-state index is 12.4. The van der Waals surface area contributed by atoms with Gasteiger partial charge in [0, 0.05) is 29.9 Å². The topological polar surface area (TPSA) is 97.0 Å². The minimum Gasteiger partial charge on any atom is -0.493 e. The van der Waals surface area contributed by atoms with Crippen LogP contribution in [-0.4, -0.2) is 44.5 Å². The summed E-state index contributed by atoms with van der Waals surface area (Å²) in [6, 6.07) is 10.6. The van der Waals surface area contributed by atoms with Gasteiger partial charge in [-0.3, -0.25) is 14.4 Å². The van der Waals surface area contributed by atoms with Gasteiger partial charge in [-0.1, -0.05) is 6.07 Å². The number of amides is 3. The molecular weight excluding hydrogens is 412 g/mol. The fraction of sp³-hybridized carbons (Fsp3) is 0.286. The molecule has 0 aromatic heterocycles. The van der Waals surface area contributed by atoms with Gasteiger partial charge in [-0.2, -0.15) is 8.78 Å². The van der Waals surface area contributed by atoms with Gasteiger partial charge < -0.3 is 25.0 Å². The Morgan fingerprint density at radius 3 is 2.65 bits per heavy atom. The Morgan fingerprint density at radius 1 is 1.16 bits per heavy atom. The highest BCUT2D eigenvalue weighted by Crippen LogP contribution is 2.29. The van der Waals surface area contributed by atoms with Crippen LogP contribution in [0.25, 0.3) is 0 Å². The Labute approximate surface area is 177 Å². The molecule has 0 radical (unpaired) electrons. The van der Waals surface area contributed by atoms with Gasteiger partial charge in [-0.15, -0.1) is 0 Å². The first kappa shape index (κ1) is 22.0. The van der Waals surface area contributed by atoms with Crippen LogP contribution in [0.1, 0.15) is 23.2 Å². The van der Waals surface area contributed by atoms with Crippen molar-refractivity contribution in [2.75, 3.05) is 30.4 Å². The maximum Gasteiger partial charge on any atom is 0.387 e. The van der Waals surface area contributed by atoms with E-state index in [-0.39, 0.29) is 29.5 Å². The van der Waals surface area contributed by atoms with Crippen molar-refractivity contribution in [2.45, 2.75) is 19.5 Å². The number of anilines is 2. The quantitative estimate of drug-likeness (QED) is 0.667. The third-order valence-electron chi connectivity index (χ3n) is 4.57. The molecule has 0 bridgehead atoms. The number of methoxy groups -OCH3 is 1.